The van der Waals surface area contributed by atoms with Crippen LogP contribution in [0.3, 0.4) is 0 Å². The Labute approximate surface area is 227 Å². The summed E-state index contributed by atoms with van der Waals surface area (Å²) in [7, 11) is 1.19. The topological polar surface area (TPSA) is 67.8 Å². The number of rotatable bonds is 5. The van der Waals surface area contributed by atoms with Crippen LogP contribution >= 0.6 is 15.9 Å². The highest BCUT2D eigenvalue weighted by atomic mass is 79.9. The number of ether oxygens (including phenoxy) is 2. The Bertz CT molecular complexity index is 1310. The molecule has 3 aromatic rings. The van der Waals surface area contributed by atoms with Gasteiger partial charge in [0.25, 0.3) is 0 Å². The summed E-state index contributed by atoms with van der Waals surface area (Å²) in [6.45, 7) is 1.49. The van der Waals surface area contributed by atoms with E-state index in [-0.39, 0.29) is 23.1 Å². The van der Waals surface area contributed by atoms with Gasteiger partial charge in [-0.2, -0.15) is 26.3 Å². The van der Waals surface area contributed by atoms with Crippen LogP contribution in [0.25, 0.3) is 11.3 Å². The lowest BCUT2D eigenvalue weighted by atomic mass is 10.0. The zero-order valence-corrected chi connectivity index (χ0v) is 21.9. The molecular formula is C25H21BrF6N4O3. The molecule has 0 bridgehead atoms. The molecule has 2 aromatic carbocycles. The van der Waals surface area contributed by atoms with Gasteiger partial charge in [-0.25, -0.2) is 14.8 Å². The molecule has 14 heteroatoms. The first-order valence-electron chi connectivity index (χ1n) is 11.5. The van der Waals surface area contributed by atoms with Crippen molar-refractivity contribution in [1.29, 1.82) is 0 Å². The van der Waals surface area contributed by atoms with Gasteiger partial charge < -0.3 is 19.3 Å². The molecule has 4 rings (SSSR count). The second kappa shape index (κ2) is 11.4. The Hall–Kier alpha value is -3.39. The third-order valence-corrected chi connectivity index (χ3v) is 6.43. The molecule has 7 nitrogen and oxygen atoms in total. The number of halogens is 7. The molecule has 0 aliphatic carbocycles. The summed E-state index contributed by atoms with van der Waals surface area (Å²) in [5.41, 5.74) is -2.48. The zero-order chi connectivity index (χ0) is 28.4. The van der Waals surface area contributed by atoms with Gasteiger partial charge in [0, 0.05) is 36.7 Å². The fourth-order valence-electron chi connectivity index (χ4n) is 3.82. The Morgan fingerprint density at radius 1 is 1.05 bits per heavy atom. The van der Waals surface area contributed by atoms with E-state index in [1.807, 2.05) is 4.90 Å². The first-order valence-corrected chi connectivity index (χ1v) is 12.3. The maximum atomic E-state index is 13.2. The molecule has 0 saturated carbocycles. The maximum absolute atomic E-state index is 13.2. The standard InChI is InChI=1S/C25H21BrF6N4O3/c1-35(14-15-10-16(24(27,28)29)12-17(11-15)25(30,31)32)23(37)39-20-13-33-22(36-6-8-38-9-7-36)34-21(20)18-4-2-3-5-19(18)26/h2-5,10-13H,6-9,14H2,1H3. The van der Waals surface area contributed by atoms with Crippen molar-refractivity contribution in [3.8, 4) is 17.0 Å². The lowest BCUT2D eigenvalue weighted by Gasteiger charge is -2.27. The smallest absolute Gasteiger partial charge is 0.406 e. The molecule has 208 valence electrons. The van der Waals surface area contributed by atoms with Crippen molar-refractivity contribution >= 4 is 28.0 Å². The van der Waals surface area contributed by atoms with Gasteiger partial charge in [0.15, 0.2) is 5.75 Å². The average Bonchev–Trinajstić information content (AvgIpc) is 2.88. The van der Waals surface area contributed by atoms with Crippen LogP contribution in [-0.4, -0.2) is 54.3 Å². The summed E-state index contributed by atoms with van der Waals surface area (Å²) in [5.74, 6) is 0.330. The van der Waals surface area contributed by atoms with Gasteiger partial charge in [0.1, 0.15) is 5.69 Å². The Kier molecular flexibility index (Phi) is 8.35. The van der Waals surface area contributed by atoms with E-state index < -0.39 is 36.1 Å². The number of benzene rings is 2. The molecule has 0 spiro atoms. The highest BCUT2D eigenvalue weighted by molar-refractivity contribution is 9.10. The summed E-state index contributed by atoms with van der Waals surface area (Å²) < 4.78 is 90.8. The monoisotopic (exact) mass is 618 g/mol. The van der Waals surface area contributed by atoms with E-state index in [1.165, 1.54) is 13.2 Å². The molecular weight excluding hydrogens is 598 g/mol. The van der Waals surface area contributed by atoms with E-state index in [4.69, 9.17) is 9.47 Å². The first kappa shape index (κ1) is 28.6. The minimum Gasteiger partial charge on any atom is -0.406 e. The first-order chi connectivity index (χ1) is 18.3. The normalized spacial score (nSPS) is 14.3. The summed E-state index contributed by atoms with van der Waals surface area (Å²) >= 11 is 3.44. The van der Waals surface area contributed by atoms with E-state index >= 15 is 0 Å². The number of nitrogens with zero attached hydrogens (tertiary/aromatic N) is 4. The second-order valence-corrected chi connectivity index (χ2v) is 9.45. The van der Waals surface area contributed by atoms with Gasteiger partial charge in [-0.05, 0) is 29.8 Å². The van der Waals surface area contributed by atoms with Crippen molar-refractivity contribution in [2.45, 2.75) is 18.9 Å². The van der Waals surface area contributed by atoms with E-state index in [2.05, 4.69) is 25.9 Å². The minimum atomic E-state index is -5.01. The van der Waals surface area contributed by atoms with Gasteiger partial charge in [-0.1, -0.05) is 34.1 Å². The average molecular weight is 619 g/mol. The minimum absolute atomic E-state index is 0.0270. The molecule has 1 saturated heterocycles. The number of aromatic nitrogens is 2. The van der Waals surface area contributed by atoms with Crippen LogP contribution < -0.4 is 9.64 Å². The number of carbonyl (C=O) groups is 1. The van der Waals surface area contributed by atoms with E-state index in [1.54, 1.807) is 24.3 Å². The predicted molar refractivity (Wildman–Crippen MR) is 132 cm³/mol. The van der Waals surface area contributed by atoms with E-state index in [0.717, 1.165) is 4.90 Å². The number of anilines is 1. The maximum Gasteiger partial charge on any atom is 0.416 e. The van der Waals surface area contributed by atoms with Crippen LogP contribution in [0.4, 0.5) is 37.1 Å². The van der Waals surface area contributed by atoms with Crippen molar-refractivity contribution < 1.29 is 40.6 Å². The quantitative estimate of drug-likeness (QED) is 0.308. The summed E-state index contributed by atoms with van der Waals surface area (Å²) in [4.78, 5) is 24.5. The molecule has 0 unspecified atom stereocenters. The van der Waals surface area contributed by atoms with Gasteiger partial charge >= 0.3 is 18.4 Å². The molecule has 1 amide bonds. The molecule has 0 N–H and O–H groups in total. The Balaban J connectivity index is 1.61. The summed E-state index contributed by atoms with van der Waals surface area (Å²) in [6.07, 6.45) is -9.75. The van der Waals surface area contributed by atoms with E-state index in [0.29, 0.717) is 54.4 Å². The van der Waals surface area contributed by atoms with Crippen LogP contribution in [0.2, 0.25) is 0 Å². The Morgan fingerprint density at radius 2 is 1.67 bits per heavy atom. The number of amides is 1. The molecule has 2 heterocycles. The van der Waals surface area contributed by atoms with Gasteiger partial charge in [0.05, 0.1) is 30.5 Å². The largest absolute Gasteiger partial charge is 0.416 e. The molecule has 1 aliphatic rings. The van der Waals surface area contributed by atoms with Crippen molar-refractivity contribution in [2.75, 3.05) is 38.3 Å². The third-order valence-electron chi connectivity index (χ3n) is 5.74. The number of carbonyl (C=O) groups excluding carboxylic acids is 1. The SMILES string of the molecule is CN(Cc1cc(C(F)(F)F)cc(C(F)(F)F)c1)C(=O)Oc1cnc(N2CCOCC2)nc1-c1ccccc1Br. The number of hydrogen-bond donors (Lipinski definition) is 0. The van der Waals surface area contributed by atoms with Crippen LogP contribution in [-0.2, 0) is 23.6 Å². The van der Waals surface area contributed by atoms with E-state index in [9.17, 15) is 31.1 Å². The van der Waals surface area contributed by atoms with Crippen LogP contribution in [0.15, 0.2) is 53.1 Å². The molecule has 1 fully saturated rings. The Morgan fingerprint density at radius 3 is 2.26 bits per heavy atom. The summed E-state index contributed by atoms with van der Waals surface area (Å²) in [5, 5.41) is 0. The van der Waals surface area contributed by atoms with Crippen molar-refractivity contribution in [3.63, 3.8) is 0 Å². The number of alkyl halides is 6. The van der Waals surface area contributed by atoms with Gasteiger partial charge in [0.2, 0.25) is 5.95 Å². The second-order valence-electron chi connectivity index (χ2n) is 8.60. The third kappa shape index (κ3) is 6.98. The van der Waals surface area contributed by atoms with Crippen molar-refractivity contribution in [3.05, 3.63) is 69.8 Å². The molecule has 1 aromatic heterocycles. The lowest BCUT2D eigenvalue weighted by molar-refractivity contribution is -0.143. The fourth-order valence-corrected chi connectivity index (χ4v) is 4.29. The van der Waals surface area contributed by atoms with Gasteiger partial charge in [-0.3, -0.25) is 0 Å². The van der Waals surface area contributed by atoms with Crippen LogP contribution in [0, 0.1) is 0 Å². The number of hydrogen-bond acceptors (Lipinski definition) is 6. The number of morpholine rings is 1. The lowest BCUT2D eigenvalue weighted by Crippen LogP contribution is -2.37. The zero-order valence-electron chi connectivity index (χ0n) is 20.3. The van der Waals surface area contributed by atoms with Gasteiger partial charge in [-0.15, -0.1) is 0 Å². The van der Waals surface area contributed by atoms with Crippen molar-refractivity contribution in [1.82, 2.24) is 14.9 Å². The summed E-state index contributed by atoms with van der Waals surface area (Å²) in [6, 6.07) is 8.17. The van der Waals surface area contributed by atoms with Crippen molar-refractivity contribution in [2.24, 2.45) is 0 Å². The highest BCUT2D eigenvalue weighted by Gasteiger charge is 2.37. The molecule has 39 heavy (non-hydrogen) atoms. The van der Waals surface area contributed by atoms with Crippen LogP contribution in [0.5, 0.6) is 5.75 Å². The molecule has 1 aliphatic heterocycles. The molecule has 0 atom stereocenters. The predicted octanol–water partition coefficient (Wildman–Crippen LogP) is 6.41. The fraction of sp³-hybridized carbons (Fsp3) is 0.320. The van der Waals surface area contributed by atoms with Crippen LogP contribution in [0.1, 0.15) is 16.7 Å². The highest BCUT2D eigenvalue weighted by Crippen LogP contribution is 2.37. The molecule has 0 radical (unpaired) electrons.